The molecule has 1 fully saturated rings. The van der Waals surface area contributed by atoms with Crippen LogP contribution in [0.3, 0.4) is 0 Å². The summed E-state index contributed by atoms with van der Waals surface area (Å²) in [4.78, 5) is 12.0. The Morgan fingerprint density at radius 1 is 1.24 bits per heavy atom. The van der Waals surface area contributed by atoms with Crippen molar-refractivity contribution >= 4 is 15.9 Å². The Bertz CT molecular complexity index is 598. The van der Waals surface area contributed by atoms with Gasteiger partial charge in [0.05, 0.1) is 10.8 Å². The number of nitrogens with one attached hydrogen (secondary N) is 1. The summed E-state index contributed by atoms with van der Waals surface area (Å²) in [7, 11) is -3.65. The Balaban J connectivity index is 1.82. The number of hydrogen-bond acceptors (Lipinski definition) is 4. The van der Waals surface area contributed by atoms with Gasteiger partial charge in [0.1, 0.15) is 0 Å². The molecule has 1 aliphatic carbocycles. The number of amides is 1. The first-order valence-electron chi connectivity index (χ1n) is 7.03. The Labute approximate surface area is 124 Å². The fourth-order valence-electron chi connectivity index (χ4n) is 2.62. The van der Waals surface area contributed by atoms with Gasteiger partial charge < -0.3 is 11.1 Å². The lowest BCUT2D eigenvalue weighted by molar-refractivity contribution is -0.125. The third-order valence-electron chi connectivity index (χ3n) is 3.87. The monoisotopic (exact) mass is 311 g/mol. The van der Waals surface area contributed by atoms with Gasteiger partial charge in [-0.15, -0.1) is 0 Å². The first-order valence-corrected chi connectivity index (χ1v) is 8.57. The third-order valence-corrected chi connectivity index (χ3v) is 4.80. The van der Waals surface area contributed by atoms with Crippen LogP contribution in [-0.2, 0) is 21.2 Å². The third kappa shape index (κ3) is 4.26. The van der Waals surface area contributed by atoms with E-state index in [9.17, 15) is 13.2 Å². The smallest absolute Gasteiger partial charge is 0.238 e. The molecule has 0 bridgehead atoms. The highest BCUT2D eigenvalue weighted by molar-refractivity contribution is 7.89. The Morgan fingerprint density at radius 2 is 1.90 bits per heavy atom. The Morgan fingerprint density at radius 3 is 2.43 bits per heavy atom. The summed E-state index contributed by atoms with van der Waals surface area (Å²) < 4.78 is 22.3. The molecule has 1 aromatic carbocycles. The van der Waals surface area contributed by atoms with Crippen LogP contribution in [0.1, 0.15) is 24.8 Å². The van der Waals surface area contributed by atoms with E-state index in [1.54, 1.807) is 12.1 Å². The molecule has 6 nitrogen and oxygen atoms in total. The second-order valence-electron chi connectivity index (χ2n) is 5.43. The van der Waals surface area contributed by atoms with Gasteiger partial charge in [0.25, 0.3) is 0 Å². The van der Waals surface area contributed by atoms with Crippen LogP contribution in [0.25, 0.3) is 0 Å². The largest absolute Gasteiger partial charge is 0.355 e. The molecule has 2 rings (SSSR count). The first-order chi connectivity index (χ1) is 9.88. The van der Waals surface area contributed by atoms with Crippen molar-refractivity contribution in [2.24, 2.45) is 16.8 Å². The molecule has 1 amide bonds. The van der Waals surface area contributed by atoms with E-state index in [1.165, 1.54) is 12.1 Å². The first kappa shape index (κ1) is 15.9. The standard InChI is InChI=1S/C14H21N3O3S/c15-13-3-1-2-12(13)14(18)17-9-8-10-4-6-11(7-5-10)21(16,19)20/h4-7,12-13H,1-3,8-9,15H2,(H,17,18)(H2,16,19,20). The van der Waals surface area contributed by atoms with Crippen LogP contribution < -0.4 is 16.2 Å². The number of primary sulfonamides is 1. The molecule has 0 saturated heterocycles. The van der Waals surface area contributed by atoms with Crippen molar-refractivity contribution in [1.29, 1.82) is 0 Å². The predicted octanol–water partition coefficient (Wildman–Crippen LogP) is 0.120. The zero-order valence-electron chi connectivity index (χ0n) is 11.8. The summed E-state index contributed by atoms with van der Waals surface area (Å²) in [6.07, 6.45) is 3.41. The fourth-order valence-corrected chi connectivity index (χ4v) is 3.14. The van der Waals surface area contributed by atoms with E-state index in [0.29, 0.717) is 13.0 Å². The molecular formula is C14H21N3O3S. The normalized spacial score (nSPS) is 22.2. The highest BCUT2D eigenvalue weighted by Crippen LogP contribution is 2.23. The van der Waals surface area contributed by atoms with Crippen molar-refractivity contribution in [2.45, 2.75) is 36.6 Å². The topological polar surface area (TPSA) is 115 Å². The van der Waals surface area contributed by atoms with Gasteiger partial charge in [-0.05, 0) is 37.0 Å². The minimum atomic E-state index is -3.65. The lowest BCUT2D eigenvalue weighted by Gasteiger charge is -2.15. The van der Waals surface area contributed by atoms with Crippen molar-refractivity contribution in [2.75, 3.05) is 6.54 Å². The van der Waals surface area contributed by atoms with E-state index < -0.39 is 10.0 Å². The minimum absolute atomic E-state index is 0.0150. The van der Waals surface area contributed by atoms with Crippen molar-refractivity contribution in [1.82, 2.24) is 5.32 Å². The second kappa shape index (κ2) is 6.55. The fraction of sp³-hybridized carbons (Fsp3) is 0.500. The maximum absolute atomic E-state index is 11.9. The lowest BCUT2D eigenvalue weighted by atomic mass is 10.0. The van der Waals surface area contributed by atoms with E-state index in [1.807, 2.05) is 0 Å². The van der Waals surface area contributed by atoms with Gasteiger partial charge in [0.15, 0.2) is 0 Å². The molecule has 2 atom stereocenters. The summed E-state index contributed by atoms with van der Waals surface area (Å²) in [6.45, 7) is 0.511. The predicted molar refractivity (Wildman–Crippen MR) is 79.8 cm³/mol. The molecule has 0 aliphatic heterocycles. The molecule has 1 saturated carbocycles. The molecule has 5 N–H and O–H groups in total. The zero-order valence-corrected chi connectivity index (χ0v) is 12.6. The highest BCUT2D eigenvalue weighted by Gasteiger charge is 2.29. The maximum Gasteiger partial charge on any atom is 0.238 e. The Hall–Kier alpha value is -1.44. The van der Waals surface area contributed by atoms with E-state index in [2.05, 4.69) is 5.32 Å². The van der Waals surface area contributed by atoms with E-state index >= 15 is 0 Å². The van der Waals surface area contributed by atoms with Crippen LogP contribution in [0.5, 0.6) is 0 Å². The maximum atomic E-state index is 11.9. The van der Waals surface area contributed by atoms with Gasteiger partial charge in [-0.1, -0.05) is 18.6 Å². The zero-order chi connectivity index (χ0) is 15.5. The average Bonchev–Trinajstić information content (AvgIpc) is 2.84. The van der Waals surface area contributed by atoms with Gasteiger partial charge in [-0.2, -0.15) is 0 Å². The molecule has 2 unspecified atom stereocenters. The van der Waals surface area contributed by atoms with Crippen LogP contribution in [0.2, 0.25) is 0 Å². The van der Waals surface area contributed by atoms with Crippen molar-refractivity contribution in [3.63, 3.8) is 0 Å². The van der Waals surface area contributed by atoms with Crippen molar-refractivity contribution in [3.05, 3.63) is 29.8 Å². The number of carbonyl (C=O) groups excluding carboxylic acids is 1. The summed E-state index contributed by atoms with van der Waals surface area (Å²) >= 11 is 0. The molecule has 1 aliphatic rings. The highest BCUT2D eigenvalue weighted by atomic mass is 32.2. The molecular weight excluding hydrogens is 290 g/mol. The summed E-state index contributed by atoms with van der Waals surface area (Å²) in [5, 5.41) is 7.92. The summed E-state index contributed by atoms with van der Waals surface area (Å²) in [5.41, 5.74) is 6.83. The molecule has 0 heterocycles. The summed E-state index contributed by atoms with van der Waals surface area (Å²) in [6, 6.07) is 6.32. The summed E-state index contributed by atoms with van der Waals surface area (Å²) in [5.74, 6) is -0.0593. The molecule has 1 aromatic rings. The number of hydrogen-bond donors (Lipinski definition) is 3. The average molecular weight is 311 g/mol. The van der Waals surface area contributed by atoms with Gasteiger partial charge >= 0.3 is 0 Å². The van der Waals surface area contributed by atoms with E-state index in [-0.39, 0.29) is 22.8 Å². The van der Waals surface area contributed by atoms with Crippen LogP contribution in [0.4, 0.5) is 0 Å². The van der Waals surface area contributed by atoms with Crippen molar-refractivity contribution in [3.8, 4) is 0 Å². The quantitative estimate of drug-likeness (QED) is 0.716. The lowest BCUT2D eigenvalue weighted by Crippen LogP contribution is -2.39. The second-order valence-corrected chi connectivity index (χ2v) is 6.99. The SMILES string of the molecule is NC1CCCC1C(=O)NCCc1ccc(S(N)(=O)=O)cc1. The number of carbonyl (C=O) groups is 1. The van der Waals surface area contributed by atoms with Crippen LogP contribution in [0, 0.1) is 5.92 Å². The van der Waals surface area contributed by atoms with Crippen molar-refractivity contribution < 1.29 is 13.2 Å². The minimum Gasteiger partial charge on any atom is -0.355 e. The van der Waals surface area contributed by atoms with Gasteiger partial charge in [-0.3, -0.25) is 4.79 Å². The van der Waals surface area contributed by atoms with E-state index in [4.69, 9.17) is 10.9 Å². The number of rotatable bonds is 5. The number of sulfonamides is 1. The number of nitrogens with two attached hydrogens (primary N) is 2. The molecule has 0 spiro atoms. The molecule has 21 heavy (non-hydrogen) atoms. The van der Waals surface area contributed by atoms with Crippen LogP contribution in [-0.4, -0.2) is 26.9 Å². The number of benzene rings is 1. The molecule has 116 valence electrons. The molecule has 0 radical (unpaired) electrons. The Kier molecular flexibility index (Phi) is 4.97. The van der Waals surface area contributed by atoms with Gasteiger partial charge in [0.2, 0.25) is 15.9 Å². The molecule has 7 heteroatoms. The van der Waals surface area contributed by atoms with Crippen LogP contribution >= 0.6 is 0 Å². The van der Waals surface area contributed by atoms with E-state index in [0.717, 1.165) is 24.8 Å². The molecule has 0 aromatic heterocycles. The van der Waals surface area contributed by atoms with Crippen LogP contribution in [0.15, 0.2) is 29.2 Å². The van der Waals surface area contributed by atoms with Gasteiger partial charge in [0, 0.05) is 12.6 Å². The van der Waals surface area contributed by atoms with Gasteiger partial charge in [-0.25, -0.2) is 13.6 Å².